The average molecular weight is 450 g/mol. The fourth-order valence-electron chi connectivity index (χ4n) is 4.37. The highest BCUT2D eigenvalue weighted by Gasteiger charge is 2.26. The summed E-state index contributed by atoms with van der Waals surface area (Å²) in [7, 11) is 1.92. The highest BCUT2D eigenvalue weighted by molar-refractivity contribution is 5.65. The number of hydrogen-bond acceptors (Lipinski definition) is 5. The first kappa shape index (κ1) is 23.5. The van der Waals surface area contributed by atoms with Crippen LogP contribution in [-0.4, -0.2) is 51.7 Å². The Morgan fingerprint density at radius 3 is 2.73 bits per heavy atom. The SMILES string of the molecule is CC[C@@H](O)CN(Cc1c(-c2ccccc2)nn(C)c1Oc1cccc(C)c1)C[C@H]1CCCO1. The van der Waals surface area contributed by atoms with Gasteiger partial charge in [0.2, 0.25) is 5.88 Å². The molecule has 1 aliphatic heterocycles. The van der Waals surface area contributed by atoms with Crippen molar-refractivity contribution in [3.8, 4) is 22.9 Å². The summed E-state index contributed by atoms with van der Waals surface area (Å²) in [5.41, 5.74) is 4.12. The first-order valence-corrected chi connectivity index (χ1v) is 11.9. The van der Waals surface area contributed by atoms with E-state index in [-0.39, 0.29) is 12.2 Å². The van der Waals surface area contributed by atoms with Gasteiger partial charge in [0.25, 0.3) is 0 Å². The van der Waals surface area contributed by atoms with E-state index in [1.54, 1.807) is 0 Å². The van der Waals surface area contributed by atoms with Gasteiger partial charge < -0.3 is 14.6 Å². The summed E-state index contributed by atoms with van der Waals surface area (Å²) < 4.78 is 14.1. The first-order chi connectivity index (χ1) is 16.0. The maximum Gasteiger partial charge on any atom is 0.222 e. The van der Waals surface area contributed by atoms with Crippen LogP contribution < -0.4 is 4.74 Å². The molecule has 0 unspecified atom stereocenters. The van der Waals surface area contributed by atoms with Crippen molar-refractivity contribution in [2.45, 2.75) is 51.9 Å². The van der Waals surface area contributed by atoms with Gasteiger partial charge in [0, 0.05) is 38.9 Å². The van der Waals surface area contributed by atoms with Gasteiger partial charge in [-0.15, -0.1) is 0 Å². The molecule has 2 aromatic carbocycles. The average Bonchev–Trinajstić information content (AvgIpc) is 3.43. The van der Waals surface area contributed by atoms with Crippen LogP contribution in [0.15, 0.2) is 54.6 Å². The molecule has 176 valence electrons. The van der Waals surface area contributed by atoms with Crippen molar-refractivity contribution in [1.29, 1.82) is 0 Å². The van der Waals surface area contributed by atoms with Gasteiger partial charge in [-0.1, -0.05) is 49.4 Å². The fourth-order valence-corrected chi connectivity index (χ4v) is 4.37. The zero-order chi connectivity index (χ0) is 23.2. The fraction of sp³-hybridized carbons (Fsp3) is 0.444. The smallest absolute Gasteiger partial charge is 0.222 e. The van der Waals surface area contributed by atoms with Crippen molar-refractivity contribution in [1.82, 2.24) is 14.7 Å². The maximum atomic E-state index is 10.5. The van der Waals surface area contributed by atoms with E-state index < -0.39 is 0 Å². The molecule has 1 aromatic heterocycles. The second kappa shape index (κ2) is 11.0. The number of benzene rings is 2. The van der Waals surface area contributed by atoms with Crippen molar-refractivity contribution < 1.29 is 14.6 Å². The van der Waals surface area contributed by atoms with Gasteiger partial charge in [0.1, 0.15) is 11.4 Å². The minimum atomic E-state index is -0.385. The maximum absolute atomic E-state index is 10.5. The summed E-state index contributed by atoms with van der Waals surface area (Å²) in [4.78, 5) is 2.29. The van der Waals surface area contributed by atoms with Gasteiger partial charge in [-0.2, -0.15) is 5.10 Å². The molecule has 1 fully saturated rings. The predicted molar refractivity (Wildman–Crippen MR) is 130 cm³/mol. The predicted octanol–water partition coefficient (Wildman–Crippen LogP) is 4.94. The Morgan fingerprint density at radius 2 is 2.03 bits per heavy atom. The lowest BCUT2D eigenvalue weighted by Gasteiger charge is -2.27. The van der Waals surface area contributed by atoms with Crippen LogP contribution >= 0.6 is 0 Å². The molecule has 0 radical (unpaired) electrons. The lowest BCUT2D eigenvalue weighted by atomic mass is 10.1. The quantitative estimate of drug-likeness (QED) is 0.475. The van der Waals surface area contributed by atoms with Crippen LogP contribution in [0.25, 0.3) is 11.3 Å². The molecule has 0 saturated carbocycles. The normalized spacial score (nSPS) is 16.9. The zero-order valence-electron chi connectivity index (χ0n) is 19.9. The monoisotopic (exact) mass is 449 g/mol. The molecule has 0 bridgehead atoms. The van der Waals surface area contributed by atoms with E-state index in [4.69, 9.17) is 14.6 Å². The van der Waals surface area contributed by atoms with Crippen LogP contribution in [0.1, 0.15) is 37.3 Å². The van der Waals surface area contributed by atoms with Crippen LogP contribution in [-0.2, 0) is 18.3 Å². The highest BCUT2D eigenvalue weighted by atomic mass is 16.5. The third-order valence-corrected chi connectivity index (χ3v) is 6.15. The van der Waals surface area contributed by atoms with E-state index in [0.717, 1.165) is 60.0 Å². The van der Waals surface area contributed by atoms with Crippen LogP contribution in [0.4, 0.5) is 0 Å². The van der Waals surface area contributed by atoms with Crippen molar-refractivity contribution in [3.05, 3.63) is 65.7 Å². The summed E-state index contributed by atoms with van der Waals surface area (Å²) >= 11 is 0. The molecule has 0 amide bonds. The van der Waals surface area contributed by atoms with Crippen LogP contribution in [0.5, 0.6) is 11.6 Å². The number of hydrogen-bond donors (Lipinski definition) is 1. The molecule has 6 heteroatoms. The summed E-state index contributed by atoms with van der Waals surface area (Å²) in [6, 6.07) is 18.3. The van der Waals surface area contributed by atoms with Gasteiger partial charge in [-0.05, 0) is 43.9 Å². The number of aryl methyl sites for hydroxylation is 2. The summed E-state index contributed by atoms with van der Waals surface area (Å²) in [6.07, 6.45) is 2.69. The zero-order valence-corrected chi connectivity index (χ0v) is 19.9. The number of nitrogens with zero attached hydrogens (tertiary/aromatic N) is 3. The molecule has 4 rings (SSSR count). The molecule has 1 N–H and O–H groups in total. The number of ether oxygens (including phenoxy) is 2. The van der Waals surface area contributed by atoms with E-state index in [1.165, 1.54) is 0 Å². The Kier molecular flexibility index (Phi) is 7.81. The number of aromatic nitrogens is 2. The third kappa shape index (κ3) is 6.02. The van der Waals surface area contributed by atoms with Crippen LogP contribution in [0.2, 0.25) is 0 Å². The molecule has 6 nitrogen and oxygen atoms in total. The standard InChI is InChI=1S/C27H35N3O3/c1-4-22(31)17-30(18-24-14-9-15-32-24)19-25-26(21-11-6-5-7-12-21)28-29(3)27(25)33-23-13-8-10-20(2)16-23/h5-8,10-13,16,22,24,31H,4,9,14-15,17-19H2,1-3H3/t22-,24-/m1/s1. The van der Waals surface area contributed by atoms with E-state index >= 15 is 0 Å². The summed E-state index contributed by atoms with van der Waals surface area (Å²) in [5, 5.41) is 15.3. The molecule has 33 heavy (non-hydrogen) atoms. The topological polar surface area (TPSA) is 59.8 Å². The van der Waals surface area contributed by atoms with Crippen LogP contribution in [0.3, 0.4) is 0 Å². The van der Waals surface area contributed by atoms with Gasteiger partial charge in [-0.3, -0.25) is 4.90 Å². The van der Waals surface area contributed by atoms with E-state index in [2.05, 4.69) is 30.0 Å². The van der Waals surface area contributed by atoms with Crippen molar-refractivity contribution in [2.75, 3.05) is 19.7 Å². The molecule has 2 atom stereocenters. The summed E-state index contributed by atoms with van der Waals surface area (Å²) in [5.74, 6) is 1.51. The molecule has 0 aliphatic carbocycles. The first-order valence-electron chi connectivity index (χ1n) is 11.9. The van der Waals surface area contributed by atoms with Crippen molar-refractivity contribution in [2.24, 2.45) is 7.05 Å². The number of rotatable bonds is 10. The molecular weight excluding hydrogens is 414 g/mol. The minimum absolute atomic E-state index is 0.201. The Hall–Kier alpha value is -2.67. The molecule has 1 aliphatic rings. The van der Waals surface area contributed by atoms with Gasteiger partial charge in [0.05, 0.1) is 17.8 Å². The number of aliphatic hydroxyl groups excluding tert-OH is 1. The number of aliphatic hydroxyl groups is 1. The van der Waals surface area contributed by atoms with Gasteiger partial charge >= 0.3 is 0 Å². The van der Waals surface area contributed by atoms with Crippen LogP contribution in [0, 0.1) is 6.92 Å². The molecule has 3 aromatic rings. The van der Waals surface area contributed by atoms with E-state index in [9.17, 15) is 5.11 Å². The lowest BCUT2D eigenvalue weighted by molar-refractivity contribution is 0.0452. The van der Waals surface area contributed by atoms with E-state index in [1.807, 2.05) is 55.1 Å². The Labute approximate surface area is 196 Å². The lowest BCUT2D eigenvalue weighted by Crippen LogP contribution is -2.37. The molecule has 2 heterocycles. The summed E-state index contributed by atoms with van der Waals surface area (Å²) in [6.45, 7) is 6.88. The van der Waals surface area contributed by atoms with Crippen molar-refractivity contribution in [3.63, 3.8) is 0 Å². The molecule has 1 saturated heterocycles. The Morgan fingerprint density at radius 1 is 1.21 bits per heavy atom. The van der Waals surface area contributed by atoms with Gasteiger partial charge in [-0.25, -0.2) is 4.68 Å². The Balaban J connectivity index is 1.70. The van der Waals surface area contributed by atoms with Gasteiger partial charge in [0.15, 0.2) is 0 Å². The highest BCUT2D eigenvalue weighted by Crippen LogP contribution is 2.34. The molecule has 0 spiro atoms. The second-order valence-electron chi connectivity index (χ2n) is 8.93. The van der Waals surface area contributed by atoms with E-state index in [0.29, 0.717) is 19.5 Å². The molecular formula is C27H35N3O3. The second-order valence-corrected chi connectivity index (χ2v) is 8.93. The van der Waals surface area contributed by atoms with Crippen molar-refractivity contribution >= 4 is 0 Å². The Bertz CT molecular complexity index is 1030. The largest absolute Gasteiger partial charge is 0.439 e. The minimum Gasteiger partial charge on any atom is -0.439 e. The third-order valence-electron chi connectivity index (χ3n) is 6.15.